The predicted molar refractivity (Wildman–Crippen MR) is 140 cm³/mol. The highest BCUT2D eigenvalue weighted by Crippen LogP contribution is 2.27. The van der Waals surface area contributed by atoms with Crippen LogP contribution in [0.2, 0.25) is 0 Å². The molecule has 0 fully saturated rings. The van der Waals surface area contributed by atoms with Crippen molar-refractivity contribution in [2.45, 2.75) is 51.9 Å². The zero-order chi connectivity index (χ0) is 24.4. The number of ether oxygens (including phenoxy) is 2. The normalized spacial score (nSPS) is 11.6. The fraction of sp³-hybridized carbons (Fsp3) is 0.357. The highest BCUT2D eigenvalue weighted by Gasteiger charge is 2.13. The monoisotopic (exact) mass is 460 g/mol. The lowest BCUT2D eigenvalue weighted by Crippen LogP contribution is -2.10. The molecule has 0 aromatic heterocycles. The average Bonchev–Trinajstić information content (AvgIpc) is 2.81. The van der Waals surface area contributed by atoms with E-state index < -0.39 is 0 Å². The average molecular weight is 461 g/mol. The predicted octanol–water partition coefficient (Wildman–Crippen LogP) is 7.58. The molecule has 0 amide bonds. The Labute approximate surface area is 203 Å². The van der Waals surface area contributed by atoms with E-state index in [0.29, 0.717) is 30.3 Å². The van der Waals surface area contributed by atoms with Gasteiger partial charge in [-0.05, 0) is 91.3 Å². The molecule has 3 aromatic carbocycles. The van der Waals surface area contributed by atoms with Crippen molar-refractivity contribution in [3.05, 3.63) is 72.3 Å². The van der Waals surface area contributed by atoms with Crippen LogP contribution in [-0.4, -0.2) is 13.2 Å². The molecule has 0 spiro atoms. The van der Waals surface area contributed by atoms with Crippen LogP contribution in [0.1, 0.15) is 52.0 Å². The van der Waals surface area contributed by atoms with Crippen LogP contribution in [0.5, 0.6) is 11.5 Å². The van der Waals surface area contributed by atoms with Crippen molar-refractivity contribution >= 4 is 22.7 Å². The summed E-state index contributed by atoms with van der Waals surface area (Å²) >= 11 is 0. The van der Waals surface area contributed by atoms with Gasteiger partial charge in [-0.15, -0.1) is 0 Å². The van der Waals surface area contributed by atoms with Gasteiger partial charge in [0.15, 0.2) is 0 Å². The van der Waals surface area contributed by atoms with Gasteiger partial charge in [0.05, 0.1) is 30.3 Å². The van der Waals surface area contributed by atoms with Gasteiger partial charge in [-0.2, -0.15) is 10.2 Å². The number of benzene rings is 3. The van der Waals surface area contributed by atoms with Gasteiger partial charge in [0, 0.05) is 5.69 Å². The highest BCUT2D eigenvalue weighted by molar-refractivity contribution is 5.60. The molecule has 0 bridgehead atoms. The summed E-state index contributed by atoms with van der Waals surface area (Å²) in [6.07, 6.45) is 4.13. The van der Waals surface area contributed by atoms with Crippen molar-refractivity contribution in [3.63, 3.8) is 0 Å². The van der Waals surface area contributed by atoms with Gasteiger partial charge < -0.3 is 20.9 Å². The zero-order valence-electron chi connectivity index (χ0n) is 20.5. The third-order valence-electron chi connectivity index (χ3n) is 5.43. The van der Waals surface area contributed by atoms with Crippen LogP contribution < -0.4 is 20.9 Å². The molecule has 0 radical (unpaired) electrons. The van der Waals surface area contributed by atoms with Crippen LogP contribution in [0.3, 0.4) is 0 Å². The van der Waals surface area contributed by atoms with Gasteiger partial charge in [-0.1, -0.05) is 32.9 Å². The van der Waals surface area contributed by atoms with Crippen LogP contribution in [0.15, 0.2) is 77.0 Å². The first kappa shape index (κ1) is 25.1. The molecule has 0 heterocycles. The molecule has 6 nitrogen and oxygen atoms in total. The number of anilines is 2. The van der Waals surface area contributed by atoms with Crippen LogP contribution in [0.4, 0.5) is 22.7 Å². The summed E-state index contributed by atoms with van der Waals surface area (Å²) in [5.41, 5.74) is 15.8. The van der Waals surface area contributed by atoms with Crippen molar-refractivity contribution in [1.82, 2.24) is 0 Å². The van der Waals surface area contributed by atoms with Crippen molar-refractivity contribution in [2.24, 2.45) is 10.2 Å². The maximum atomic E-state index is 5.90. The topological polar surface area (TPSA) is 95.2 Å². The van der Waals surface area contributed by atoms with Crippen LogP contribution in [0, 0.1) is 0 Å². The lowest BCUT2D eigenvalue weighted by atomic mass is 9.87. The van der Waals surface area contributed by atoms with E-state index in [1.165, 1.54) is 5.56 Å². The molecule has 34 heavy (non-hydrogen) atoms. The standard InChI is InChI=1S/C28H36N4O2/c1-28(2,3)21-9-8-10-24(19-21)32-31-23-12-14-25(15-13-23)33-17-6-4-5-7-18-34-27-16-11-22(29)20-26(27)30/h8-16,19-20H,4-7,17-18,29-30H2,1-3H3. The van der Waals surface area contributed by atoms with Gasteiger partial charge in [-0.25, -0.2) is 0 Å². The summed E-state index contributed by atoms with van der Waals surface area (Å²) in [6, 6.07) is 21.2. The van der Waals surface area contributed by atoms with Gasteiger partial charge in [0.1, 0.15) is 11.5 Å². The Bertz CT molecular complexity index is 1070. The quantitative estimate of drug-likeness (QED) is 0.175. The van der Waals surface area contributed by atoms with Crippen molar-refractivity contribution in [3.8, 4) is 11.5 Å². The van der Waals surface area contributed by atoms with E-state index in [4.69, 9.17) is 20.9 Å². The Morgan fingerprint density at radius 2 is 1.38 bits per heavy atom. The Balaban J connectivity index is 1.32. The summed E-state index contributed by atoms with van der Waals surface area (Å²) in [7, 11) is 0. The molecule has 3 rings (SSSR count). The fourth-order valence-corrected chi connectivity index (χ4v) is 3.39. The van der Waals surface area contributed by atoms with E-state index in [9.17, 15) is 0 Å². The van der Waals surface area contributed by atoms with E-state index >= 15 is 0 Å². The number of rotatable bonds is 11. The molecule has 180 valence electrons. The lowest BCUT2D eigenvalue weighted by Gasteiger charge is -2.18. The number of hydrogen-bond donors (Lipinski definition) is 2. The molecular formula is C28H36N4O2. The first-order chi connectivity index (χ1) is 16.3. The van der Waals surface area contributed by atoms with Crippen molar-refractivity contribution in [2.75, 3.05) is 24.7 Å². The first-order valence-corrected chi connectivity index (χ1v) is 11.8. The molecule has 0 aliphatic heterocycles. The summed E-state index contributed by atoms with van der Waals surface area (Å²) in [5.74, 6) is 1.54. The van der Waals surface area contributed by atoms with Gasteiger partial charge in [0.2, 0.25) is 0 Å². The molecule has 0 aliphatic carbocycles. The van der Waals surface area contributed by atoms with Gasteiger partial charge in [-0.3, -0.25) is 0 Å². The largest absolute Gasteiger partial charge is 0.494 e. The van der Waals surface area contributed by atoms with E-state index in [-0.39, 0.29) is 5.41 Å². The second-order valence-electron chi connectivity index (χ2n) is 9.40. The third kappa shape index (κ3) is 8.10. The molecule has 4 N–H and O–H groups in total. The summed E-state index contributed by atoms with van der Waals surface area (Å²) in [6.45, 7) is 7.90. The second kappa shape index (κ2) is 12.1. The molecule has 0 saturated carbocycles. The minimum absolute atomic E-state index is 0.0878. The Hall–Kier alpha value is -3.54. The zero-order valence-corrected chi connectivity index (χ0v) is 20.5. The molecule has 3 aromatic rings. The van der Waals surface area contributed by atoms with Crippen molar-refractivity contribution < 1.29 is 9.47 Å². The molecule has 0 aliphatic rings. The maximum Gasteiger partial charge on any atom is 0.142 e. The molecule has 0 unspecified atom stereocenters. The molecule has 0 atom stereocenters. The second-order valence-corrected chi connectivity index (χ2v) is 9.40. The van der Waals surface area contributed by atoms with E-state index in [1.54, 1.807) is 12.1 Å². The molecule has 6 heteroatoms. The summed E-state index contributed by atoms with van der Waals surface area (Å²) < 4.78 is 11.6. The summed E-state index contributed by atoms with van der Waals surface area (Å²) in [4.78, 5) is 0. The Kier molecular flexibility index (Phi) is 8.91. The van der Waals surface area contributed by atoms with E-state index in [1.807, 2.05) is 42.5 Å². The van der Waals surface area contributed by atoms with Crippen LogP contribution in [-0.2, 0) is 5.41 Å². The fourth-order valence-electron chi connectivity index (χ4n) is 3.39. The number of unbranched alkanes of at least 4 members (excludes halogenated alkanes) is 3. The number of nitrogens with two attached hydrogens (primary N) is 2. The highest BCUT2D eigenvalue weighted by atomic mass is 16.5. The maximum absolute atomic E-state index is 5.90. The Morgan fingerprint density at radius 1 is 0.706 bits per heavy atom. The SMILES string of the molecule is CC(C)(C)c1cccc(N=Nc2ccc(OCCCCCCOc3ccc(N)cc3N)cc2)c1. The molecular weight excluding hydrogens is 424 g/mol. The first-order valence-electron chi connectivity index (χ1n) is 11.8. The van der Waals surface area contributed by atoms with Crippen LogP contribution >= 0.6 is 0 Å². The van der Waals surface area contributed by atoms with Gasteiger partial charge >= 0.3 is 0 Å². The van der Waals surface area contributed by atoms with E-state index in [2.05, 4.69) is 43.1 Å². The minimum atomic E-state index is 0.0878. The van der Waals surface area contributed by atoms with Crippen LogP contribution in [0.25, 0.3) is 0 Å². The molecule has 0 saturated heterocycles. The van der Waals surface area contributed by atoms with Crippen molar-refractivity contribution in [1.29, 1.82) is 0 Å². The van der Waals surface area contributed by atoms with E-state index in [0.717, 1.165) is 42.8 Å². The lowest BCUT2D eigenvalue weighted by molar-refractivity contribution is 0.288. The number of hydrogen-bond acceptors (Lipinski definition) is 6. The number of nitrogen functional groups attached to an aromatic ring is 2. The number of azo groups is 1. The van der Waals surface area contributed by atoms with Gasteiger partial charge in [0.25, 0.3) is 0 Å². The third-order valence-corrected chi connectivity index (χ3v) is 5.43. The number of nitrogens with zero attached hydrogens (tertiary/aromatic N) is 2. The summed E-state index contributed by atoms with van der Waals surface area (Å²) in [5, 5.41) is 8.73. The minimum Gasteiger partial charge on any atom is -0.494 e. The smallest absolute Gasteiger partial charge is 0.142 e. The Morgan fingerprint density at radius 3 is 2.06 bits per heavy atom.